The Kier molecular flexibility index (Phi) is 5.99. The van der Waals surface area contributed by atoms with Gasteiger partial charge in [-0.15, -0.1) is 0 Å². The zero-order chi connectivity index (χ0) is 14.3. The molecule has 1 rings (SSSR count). The molecule has 4 nitrogen and oxygen atoms in total. The van der Waals surface area contributed by atoms with Crippen molar-refractivity contribution in [1.29, 1.82) is 0 Å². The van der Waals surface area contributed by atoms with Crippen LogP contribution in [0.2, 0.25) is 0 Å². The maximum absolute atomic E-state index is 12.7. The summed E-state index contributed by atoms with van der Waals surface area (Å²) in [6.07, 6.45) is 1.10. The number of carbonyl (C=O) groups excluding carboxylic acids is 2. The molecule has 0 fully saturated rings. The lowest BCUT2D eigenvalue weighted by Crippen LogP contribution is -2.29. The Bertz CT molecular complexity index is 431. The van der Waals surface area contributed by atoms with Crippen molar-refractivity contribution in [3.05, 3.63) is 35.6 Å². The van der Waals surface area contributed by atoms with Crippen LogP contribution in [0.25, 0.3) is 0 Å². The minimum atomic E-state index is -0.317. The van der Waals surface area contributed by atoms with Crippen LogP contribution in [-0.4, -0.2) is 37.5 Å². The van der Waals surface area contributed by atoms with Crippen LogP contribution >= 0.6 is 0 Å². The Morgan fingerprint density at radius 1 is 1.26 bits per heavy atom. The van der Waals surface area contributed by atoms with Gasteiger partial charge in [0.05, 0.1) is 13.5 Å². The standard InChI is InChI=1S/C14H18FNO3/c1-16(9-3-4-14(18)19-2)13(17)10-11-5-7-12(15)8-6-11/h5-8H,3-4,9-10H2,1-2H3. The zero-order valence-corrected chi connectivity index (χ0v) is 11.2. The average Bonchev–Trinajstić information content (AvgIpc) is 2.40. The summed E-state index contributed by atoms with van der Waals surface area (Å²) in [5, 5.41) is 0. The van der Waals surface area contributed by atoms with Crippen LogP contribution in [0.5, 0.6) is 0 Å². The number of hydrogen-bond acceptors (Lipinski definition) is 3. The second-order valence-corrected chi connectivity index (χ2v) is 4.30. The molecule has 0 spiro atoms. The van der Waals surface area contributed by atoms with Gasteiger partial charge < -0.3 is 9.64 Å². The first kappa shape index (κ1) is 15.1. The van der Waals surface area contributed by atoms with Crippen LogP contribution in [0.1, 0.15) is 18.4 Å². The molecule has 1 aromatic carbocycles. The number of nitrogens with zero attached hydrogens (tertiary/aromatic N) is 1. The first-order valence-corrected chi connectivity index (χ1v) is 6.08. The third-order valence-electron chi connectivity index (χ3n) is 2.80. The van der Waals surface area contributed by atoms with Crippen LogP contribution in [0.4, 0.5) is 4.39 Å². The molecule has 104 valence electrons. The van der Waals surface area contributed by atoms with E-state index in [9.17, 15) is 14.0 Å². The molecule has 0 unspecified atom stereocenters. The van der Waals surface area contributed by atoms with Gasteiger partial charge in [-0.3, -0.25) is 9.59 Å². The van der Waals surface area contributed by atoms with Gasteiger partial charge in [0, 0.05) is 20.0 Å². The molecule has 0 N–H and O–H groups in total. The van der Waals surface area contributed by atoms with Crippen LogP contribution in [0.3, 0.4) is 0 Å². The van der Waals surface area contributed by atoms with Crippen LogP contribution in [0.15, 0.2) is 24.3 Å². The lowest BCUT2D eigenvalue weighted by Gasteiger charge is -2.16. The van der Waals surface area contributed by atoms with E-state index in [0.29, 0.717) is 19.4 Å². The summed E-state index contributed by atoms with van der Waals surface area (Å²) < 4.78 is 17.2. The third kappa shape index (κ3) is 5.50. The largest absolute Gasteiger partial charge is 0.469 e. The molecule has 0 bridgehead atoms. The molecule has 1 aromatic rings. The molecule has 0 saturated heterocycles. The SMILES string of the molecule is COC(=O)CCCN(C)C(=O)Cc1ccc(F)cc1. The highest BCUT2D eigenvalue weighted by Crippen LogP contribution is 2.05. The van der Waals surface area contributed by atoms with Gasteiger partial charge in [0.2, 0.25) is 5.91 Å². The van der Waals surface area contributed by atoms with Gasteiger partial charge in [-0.25, -0.2) is 4.39 Å². The van der Waals surface area contributed by atoms with E-state index in [1.165, 1.54) is 19.2 Å². The first-order valence-electron chi connectivity index (χ1n) is 6.08. The van der Waals surface area contributed by atoms with Crippen molar-refractivity contribution < 1.29 is 18.7 Å². The summed E-state index contributed by atoms with van der Waals surface area (Å²) in [5.41, 5.74) is 0.770. The molecule has 5 heteroatoms. The second kappa shape index (κ2) is 7.51. The number of amides is 1. The van der Waals surface area contributed by atoms with Crippen molar-refractivity contribution in [2.45, 2.75) is 19.3 Å². The van der Waals surface area contributed by atoms with Gasteiger partial charge >= 0.3 is 5.97 Å². The summed E-state index contributed by atoms with van der Waals surface area (Å²) in [7, 11) is 3.02. The van der Waals surface area contributed by atoms with Gasteiger partial charge in [0.1, 0.15) is 5.82 Å². The van der Waals surface area contributed by atoms with Gasteiger partial charge in [-0.05, 0) is 24.1 Å². The molecular weight excluding hydrogens is 249 g/mol. The molecule has 0 aliphatic heterocycles. The van der Waals surface area contributed by atoms with Gasteiger partial charge in [0.25, 0.3) is 0 Å². The van der Waals surface area contributed by atoms with Crippen molar-refractivity contribution in [3.8, 4) is 0 Å². The number of halogens is 1. The Hall–Kier alpha value is -1.91. The van der Waals surface area contributed by atoms with Gasteiger partial charge in [-0.2, -0.15) is 0 Å². The topological polar surface area (TPSA) is 46.6 Å². The Balaban J connectivity index is 2.36. The minimum absolute atomic E-state index is 0.0588. The highest BCUT2D eigenvalue weighted by molar-refractivity contribution is 5.78. The minimum Gasteiger partial charge on any atom is -0.469 e. The van der Waals surface area contributed by atoms with E-state index in [2.05, 4.69) is 4.74 Å². The van der Waals surface area contributed by atoms with E-state index in [-0.39, 0.29) is 24.1 Å². The van der Waals surface area contributed by atoms with Gasteiger partial charge in [-0.1, -0.05) is 12.1 Å². The van der Waals surface area contributed by atoms with Crippen molar-refractivity contribution in [2.75, 3.05) is 20.7 Å². The number of benzene rings is 1. The van der Waals surface area contributed by atoms with E-state index in [1.54, 1.807) is 24.1 Å². The van der Waals surface area contributed by atoms with Crippen LogP contribution < -0.4 is 0 Å². The number of ether oxygens (including phenoxy) is 1. The lowest BCUT2D eigenvalue weighted by atomic mass is 10.1. The van der Waals surface area contributed by atoms with Crippen molar-refractivity contribution in [3.63, 3.8) is 0 Å². The number of likely N-dealkylation sites (N-methyl/N-ethyl adjacent to an activating group) is 1. The number of methoxy groups -OCH3 is 1. The Morgan fingerprint density at radius 2 is 1.89 bits per heavy atom. The fourth-order valence-electron chi connectivity index (χ4n) is 1.60. The molecule has 0 aromatic heterocycles. The fraction of sp³-hybridized carbons (Fsp3) is 0.429. The monoisotopic (exact) mass is 267 g/mol. The molecule has 0 atom stereocenters. The van der Waals surface area contributed by atoms with Crippen LogP contribution in [0, 0.1) is 5.82 Å². The van der Waals surface area contributed by atoms with Crippen molar-refractivity contribution in [1.82, 2.24) is 4.90 Å². The molecule has 0 aliphatic rings. The lowest BCUT2D eigenvalue weighted by molar-refractivity contribution is -0.141. The molecule has 0 radical (unpaired) electrons. The zero-order valence-electron chi connectivity index (χ0n) is 11.2. The predicted octanol–water partition coefficient (Wildman–Crippen LogP) is 1.78. The summed E-state index contributed by atoms with van der Waals surface area (Å²) in [6, 6.07) is 5.85. The summed E-state index contributed by atoms with van der Waals surface area (Å²) in [4.78, 5) is 24.3. The van der Waals surface area contributed by atoms with Gasteiger partial charge in [0.15, 0.2) is 0 Å². The third-order valence-corrected chi connectivity index (χ3v) is 2.80. The van der Waals surface area contributed by atoms with E-state index in [1.807, 2.05) is 0 Å². The van der Waals surface area contributed by atoms with E-state index >= 15 is 0 Å². The Morgan fingerprint density at radius 3 is 2.47 bits per heavy atom. The van der Waals surface area contributed by atoms with E-state index in [0.717, 1.165) is 5.56 Å². The number of rotatable bonds is 6. The summed E-state index contributed by atoms with van der Waals surface area (Å²) >= 11 is 0. The van der Waals surface area contributed by atoms with E-state index in [4.69, 9.17) is 0 Å². The maximum Gasteiger partial charge on any atom is 0.305 e. The average molecular weight is 267 g/mol. The highest BCUT2D eigenvalue weighted by Gasteiger charge is 2.10. The molecule has 1 amide bonds. The molecular formula is C14H18FNO3. The highest BCUT2D eigenvalue weighted by atomic mass is 19.1. The quantitative estimate of drug-likeness (QED) is 0.738. The smallest absolute Gasteiger partial charge is 0.305 e. The van der Waals surface area contributed by atoms with Crippen molar-refractivity contribution >= 4 is 11.9 Å². The maximum atomic E-state index is 12.7. The molecule has 0 saturated carbocycles. The number of hydrogen-bond donors (Lipinski definition) is 0. The Labute approximate surface area is 112 Å². The molecule has 0 aliphatic carbocycles. The summed E-state index contributed by atoms with van der Waals surface area (Å²) in [6.45, 7) is 0.495. The first-order chi connectivity index (χ1) is 9.02. The van der Waals surface area contributed by atoms with E-state index < -0.39 is 0 Å². The van der Waals surface area contributed by atoms with Crippen LogP contribution in [-0.2, 0) is 20.7 Å². The number of carbonyl (C=O) groups is 2. The normalized spacial score (nSPS) is 10.1. The number of esters is 1. The predicted molar refractivity (Wildman–Crippen MR) is 69.0 cm³/mol. The molecule has 0 heterocycles. The second-order valence-electron chi connectivity index (χ2n) is 4.30. The molecule has 19 heavy (non-hydrogen) atoms. The van der Waals surface area contributed by atoms with Crippen molar-refractivity contribution in [2.24, 2.45) is 0 Å². The summed E-state index contributed by atoms with van der Waals surface area (Å²) in [5.74, 6) is -0.654. The fourth-order valence-corrected chi connectivity index (χ4v) is 1.60.